The van der Waals surface area contributed by atoms with Gasteiger partial charge in [0.15, 0.2) is 0 Å². The third kappa shape index (κ3) is 3.51. The molecule has 0 aliphatic carbocycles. The lowest BCUT2D eigenvalue weighted by atomic mass is 10.1. The van der Waals surface area contributed by atoms with Crippen molar-refractivity contribution >= 4 is 0 Å². The summed E-state index contributed by atoms with van der Waals surface area (Å²) >= 11 is 0. The quantitative estimate of drug-likeness (QED) is 0.903. The zero-order valence-corrected chi connectivity index (χ0v) is 11.6. The summed E-state index contributed by atoms with van der Waals surface area (Å²) in [4.78, 5) is 11.5. The highest BCUT2D eigenvalue weighted by atomic mass is 16.4. The van der Waals surface area contributed by atoms with Crippen molar-refractivity contribution < 1.29 is 4.42 Å². The van der Waals surface area contributed by atoms with Gasteiger partial charge in [0.2, 0.25) is 11.8 Å². The Bertz CT molecular complexity index is 622. The Morgan fingerprint density at radius 2 is 2.11 bits per heavy atom. The lowest BCUT2D eigenvalue weighted by Gasteiger charge is -2.18. The minimum Gasteiger partial charge on any atom is -0.419 e. The molecule has 19 heavy (non-hydrogen) atoms. The molecule has 0 aliphatic heterocycles. The predicted octanol–water partition coefficient (Wildman–Crippen LogP) is 1.32. The second kappa shape index (κ2) is 4.97. The van der Waals surface area contributed by atoms with E-state index in [9.17, 15) is 4.79 Å². The Balaban J connectivity index is 2.16. The normalized spacial score (nSPS) is 11.8. The van der Waals surface area contributed by atoms with E-state index in [1.165, 1.54) is 10.6 Å². The first-order valence-corrected chi connectivity index (χ1v) is 6.10. The van der Waals surface area contributed by atoms with Crippen LogP contribution >= 0.6 is 0 Å². The fraction of sp³-hybridized carbons (Fsp3) is 0.462. The Labute approximate surface area is 111 Å². The lowest BCUT2D eigenvalue weighted by molar-refractivity contribution is 0.383. The monoisotopic (exact) mass is 262 g/mol. The average Bonchev–Trinajstić information content (AvgIpc) is 2.78. The molecule has 6 heteroatoms. The first kappa shape index (κ1) is 13.5. The van der Waals surface area contributed by atoms with E-state index in [2.05, 4.69) is 36.3 Å². The van der Waals surface area contributed by atoms with E-state index in [4.69, 9.17) is 4.42 Å². The number of hydrogen-bond acceptors (Lipinski definition) is 5. The zero-order valence-electron chi connectivity index (χ0n) is 11.6. The SMILES string of the molecule is Cn1ccc(-c2nnc(CNC(C)(C)C)o2)cc1=O. The van der Waals surface area contributed by atoms with Crippen LogP contribution in [0, 0.1) is 0 Å². The number of hydrogen-bond donors (Lipinski definition) is 1. The second-order valence-electron chi connectivity index (χ2n) is 5.47. The van der Waals surface area contributed by atoms with Gasteiger partial charge in [-0.1, -0.05) is 0 Å². The second-order valence-corrected chi connectivity index (χ2v) is 5.47. The van der Waals surface area contributed by atoms with Gasteiger partial charge in [-0.25, -0.2) is 0 Å². The lowest BCUT2D eigenvalue weighted by Crippen LogP contribution is -2.35. The highest BCUT2D eigenvalue weighted by Crippen LogP contribution is 2.15. The van der Waals surface area contributed by atoms with Crippen LogP contribution in [0.2, 0.25) is 0 Å². The van der Waals surface area contributed by atoms with E-state index < -0.39 is 0 Å². The van der Waals surface area contributed by atoms with Gasteiger partial charge in [0.25, 0.3) is 5.56 Å². The van der Waals surface area contributed by atoms with Gasteiger partial charge in [-0.3, -0.25) is 4.79 Å². The molecule has 0 fully saturated rings. The molecule has 6 nitrogen and oxygen atoms in total. The minimum absolute atomic E-state index is 0.0165. The summed E-state index contributed by atoms with van der Waals surface area (Å²) in [6.45, 7) is 6.68. The maximum Gasteiger partial charge on any atom is 0.251 e. The largest absolute Gasteiger partial charge is 0.419 e. The van der Waals surface area contributed by atoms with E-state index in [-0.39, 0.29) is 11.1 Å². The van der Waals surface area contributed by atoms with E-state index in [0.717, 1.165) is 0 Å². The van der Waals surface area contributed by atoms with Crippen molar-refractivity contribution in [3.05, 3.63) is 34.6 Å². The Kier molecular flexibility index (Phi) is 3.53. The van der Waals surface area contributed by atoms with E-state index in [1.54, 1.807) is 19.3 Å². The number of nitrogens with one attached hydrogen (secondary N) is 1. The molecule has 0 saturated heterocycles. The summed E-state index contributed by atoms with van der Waals surface area (Å²) in [5, 5.41) is 11.2. The van der Waals surface area contributed by atoms with Gasteiger partial charge in [0.05, 0.1) is 6.54 Å². The van der Waals surface area contributed by atoms with Gasteiger partial charge in [0.1, 0.15) is 0 Å². The molecular weight excluding hydrogens is 244 g/mol. The van der Waals surface area contributed by atoms with Gasteiger partial charge < -0.3 is 14.3 Å². The third-order valence-corrected chi connectivity index (χ3v) is 2.59. The molecule has 0 aromatic carbocycles. The summed E-state index contributed by atoms with van der Waals surface area (Å²) in [7, 11) is 1.69. The maximum atomic E-state index is 11.5. The Hall–Kier alpha value is -1.95. The molecule has 2 rings (SSSR count). The smallest absolute Gasteiger partial charge is 0.251 e. The van der Waals surface area contributed by atoms with Gasteiger partial charge in [-0.15, -0.1) is 10.2 Å². The number of pyridine rings is 1. The summed E-state index contributed by atoms with van der Waals surface area (Å²) in [6.07, 6.45) is 1.68. The molecule has 0 atom stereocenters. The van der Waals surface area contributed by atoms with Crippen molar-refractivity contribution in [2.75, 3.05) is 0 Å². The average molecular weight is 262 g/mol. The Morgan fingerprint density at radius 1 is 1.37 bits per heavy atom. The predicted molar refractivity (Wildman–Crippen MR) is 71.6 cm³/mol. The highest BCUT2D eigenvalue weighted by molar-refractivity contribution is 5.50. The number of rotatable bonds is 3. The van der Waals surface area contributed by atoms with Crippen molar-refractivity contribution in [2.45, 2.75) is 32.9 Å². The number of aryl methyl sites for hydroxylation is 1. The van der Waals surface area contributed by atoms with Gasteiger partial charge in [0, 0.05) is 30.4 Å². The molecule has 2 aromatic rings. The van der Waals surface area contributed by atoms with Crippen LogP contribution in [0.1, 0.15) is 26.7 Å². The van der Waals surface area contributed by atoms with E-state index in [1.807, 2.05) is 0 Å². The molecule has 0 unspecified atom stereocenters. The molecule has 0 saturated carbocycles. The third-order valence-electron chi connectivity index (χ3n) is 2.59. The fourth-order valence-electron chi connectivity index (χ4n) is 1.46. The topological polar surface area (TPSA) is 73.0 Å². The molecule has 2 heterocycles. The van der Waals surface area contributed by atoms with Crippen LogP contribution in [0.15, 0.2) is 27.5 Å². The molecule has 0 radical (unpaired) electrons. The van der Waals surface area contributed by atoms with Crippen LogP contribution in [0.3, 0.4) is 0 Å². The van der Waals surface area contributed by atoms with Crippen molar-refractivity contribution in [3.8, 4) is 11.5 Å². The standard InChI is InChI=1S/C13H18N4O2/c1-13(2,3)14-8-10-15-16-12(19-10)9-5-6-17(4)11(18)7-9/h5-7,14H,8H2,1-4H3. The molecule has 0 spiro atoms. The highest BCUT2D eigenvalue weighted by Gasteiger charge is 2.13. The van der Waals surface area contributed by atoms with Crippen molar-refractivity contribution in [3.63, 3.8) is 0 Å². The summed E-state index contributed by atoms with van der Waals surface area (Å²) in [6, 6.07) is 3.25. The van der Waals surface area contributed by atoms with Crippen molar-refractivity contribution in [1.29, 1.82) is 0 Å². The molecule has 0 bridgehead atoms. The molecule has 1 N–H and O–H groups in total. The minimum atomic E-state index is -0.106. The van der Waals surface area contributed by atoms with Crippen LogP contribution < -0.4 is 10.9 Å². The summed E-state index contributed by atoms with van der Waals surface area (Å²) < 4.78 is 7.02. The molecule has 2 aromatic heterocycles. The van der Waals surface area contributed by atoms with Crippen LogP contribution in [-0.4, -0.2) is 20.3 Å². The molecule has 102 valence electrons. The van der Waals surface area contributed by atoms with Crippen LogP contribution in [0.5, 0.6) is 0 Å². The first-order valence-electron chi connectivity index (χ1n) is 6.10. The summed E-state index contributed by atoms with van der Waals surface area (Å²) in [5.74, 6) is 0.869. The fourth-order valence-corrected chi connectivity index (χ4v) is 1.46. The number of aromatic nitrogens is 3. The molecule has 0 amide bonds. The molecular formula is C13H18N4O2. The van der Waals surface area contributed by atoms with E-state index in [0.29, 0.717) is 23.9 Å². The zero-order chi connectivity index (χ0) is 14.0. The number of nitrogens with zero attached hydrogens (tertiary/aromatic N) is 3. The van der Waals surface area contributed by atoms with Crippen LogP contribution in [-0.2, 0) is 13.6 Å². The van der Waals surface area contributed by atoms with Gasteiger partial charge in [-0.05, 0) is 26.8 Å². The van der Waals surface area contributed by atoms with E-state index >= 15 is 0 Å². The summed E-state index contributed by atoms with van der Waals surface area (Å²) in [5.41, 5.74) is 0.514. The Morgan fingerprint density at radius 3 is 2.74 bits per heavy atom. The van der Waals surface area contributed by atoms with Crippen molar-refractivity contribution in [1.82, 2.24) is 20.1 Å². The van der Waals surface area contributed by atoms with Crippen molar-refractivity contribution in [2.24, 2.45) is 7.05 Å². The van der Waals surface area contributed by atoms with Crippen LogP contribution in [0.4, 0.5) is 0 Å². The first-order chi connectivity index (χ1) is 8.85. The van der Waals surface area contributed by atoms with Gasteiger partial charge in [-0.2, -0.15) is 0 Å². The molecule has 0 aliphatic rings. The maximum absolute atomic E-state index is 11.5. The van der Waals surface area contributed by atoms with Gasteiger partial charge >= 0.3 is 0 Å². The van der Waals surface area contributed by atoms with Crippen LogP contribution in [0.25, 0.3) is 11.5 Å².